The zero-order valence-electron chi connectivity index (χ0n) is 11.1. The normalized spacial score (nSPS) is 10.8. The molecule has 0 fully saturated rings. The number of Topliss-reactive ketones (excluding diaryl/α,β-unsaturated/α-hetero) is 1. The average molecular weight is 295 g/mol. The lowest BCUT2D eigenvalue weighted by Crippen LogP contribution is -2.04. The van der Waals surface area contributed by atoms with Crippen LogP contribution in [0.1, 0.15) is 23.5 Å². The largest absolute Gasteiger partial charge is 0.495 e. The number of halogens is 1. The smallest absolute Gasteiger partial charge is 0.175 e. The van der Waals surface area contributed by atoms with Gasteiger partial charge >= 0.3 is 0 Å². The molecule has 1 aromatic carbocycles. The minimum atomic E-state index is 0.0197. The zero-order valence-corrected chi connectivity index (χ0v) is 12.6. The van der Waals surface area contributed by atoms with Crippen molar-refractivity contribution in [3.8, 4) is 16.2 Å². The molecule has 0 atom stereocenters. The van der Waals surface area contributed by atoms with Crippen LogP contribution in [-0.4, -0.2) is 12.9 Å². The summed E-state index contributed by atoms with van der Waals surface area (Å²) >= 11 is 7.50. The van der Waals surface area contributed by atoms with Gasteiger partial charge in [-0.1, -0.05) is 31.5 Å². The van der Waals surface area contributed by atoms with Crippen molar-refractivity contribution < 1.29 is 9.53 Å². The standard InChI is InChI=1S/C15H15ClO2S/c1-9(2)15(17)14-7-6-13(19-14)10-4-5-11(16)12(8-10)18-3/h4-9H,1-3H3. The van der Waals surface area contributed by atoms with Crippen molar-refractivity contribution in [2.24, 2.45) is 5.92 Å². The molecule has 0 aliphatic rings. The van der Waals surface area contributed by atoms with Crippen molar-refractivity contribution in [2.45, 2.75) is 13.8 Å². The molecule has 0 radical (unpaired) electrons. The monoisotopic (exact) mass is 294 g/mol. The number of hydrogen-bond donors (Lipinski definition) is 0. The Morgan fingerprint density at radius 2 is 2.00 bits per heavy atom. The second-order valence-corrected chi connectivity index (χ2v) is 6.02. The Balaban J connectivity index is 2.35. The average Bonchev–Trinajstić information content (AvgIpc) is 2.87. The van der Waals surface area contributed by atoms with Gasteiger partial charge in [0, 0.05) is 10.8 Å². The van der Waals surface area contributed by atoms with Crippen LogP contribution in [0.25, 0.3) is 10.4 Å². The van der Waals surface area contributed by atoms with Crippen LogP contribution in [0.4, 0.5) is 0 Å². The lowest BCUT2D eigenvalue weighted by Gasteiger charge is -2.05. The summed E-state index contributed by atoms with van der Waals surface area (Å²) in [6.07, 6.45) is 0. The fraction of sp³-hybridized carbons (Fsp3) is 0.267. The van der Waals surface area contributed by atoms with Crippen LogP contribution in [0.5, 0.6) is 5.75 Å². The maximum atomic E-state index is 11.9. The van der Waals surface area contributed by atoms with Crippen LogP contribution in [0.2, 0.25) is 5.02 Å². The van der Waals surface area contributed by atoms with Gasteiger partial charge in [-0.3, -0.25) is 4.79 Å². The van der Waals surface area contributed by atoms with Gasteiger partial charge in [-0.25, -0.2) is 0 Å². The van der Waals surface area contributed by atoms with Crippen molar-refractivity contribution in [3.63, 3.8) is 0 Å². The molecule has 0 saturated carbocycles. The summed E-state index contributed by atoms with van der Waals surface area (Å²) in [5.74, 6) is 0.840. The van der Waals surface area contributed by atoms with Gasteiger partial charge in [0.15, 0.2) is 5.78 Å². The van der Waals surface area contributed by atoms with Crippen LogP contribution in [0.3, 0.4) is 0 Å². The van der Waals surface area contributed by atoms with Crippen LogP contribution >= 0.6 is 22.9 Å². The fourth-order valence-electron chi connectivity index (χ4n) is 1.72. The van der Waals surface area contributed by atoms with E-state index in [2.05, 4.69) is 0 Å². The van der Waals surface area contributed by atoms with Crippen molar-refractivity contribution in [1.82, 2.24) is 0 Å². The van der Waals surface area contributed by atoms with E-state index in [-0.39, 0.29) is 11.7 Å². The van der Waals surface area contributed by atoms with E-state index in [1.807, 2.05) is 38.1 Å². The fourth-order valence-corrected chi connectivity index (χ4v) is 3.01. The van der Waals surface area contributed by atoms with E-state index in [1.54, 1.807) is 13.2 Å². The van der Waals surface area contributed by atoms with Crippen molar-refractivity contribution >= 4 is 28.7 Å². The van der Waals surface area contributed by atoms with E-state index in [0.29, 0.717) is 10.8 Å². The molecular weight excluding hydrogens is 280 g/mol. The zero-order chi connectivity index (χ0) is 14.0. The number of ketones is 1. The predicted molar refractivity (Wildman–Crippen MR) is 80.5 cm³/mol. The number of methoxy groups -OCH3 is 1. The molecule has 0 aliphatic carbocycles. The third-order valence-corrected chi connectivity index (χ3v) is 4.27. The SMILES string of the molecule is COc1cc(-c2ccc(C(=O)C(C)C)s2)ccc1Cl. The molecule has 0 aliphatic heterocycles. The molecule has 2 nitrogen and oxygen atoms in total. The number of carbonyl (C=O) groups is 1. The lowest BCUT2D eigenvalue weighted by atomic mass is 10.1. The highest BCUT2D eigenvalue weighted by atomic mass is 35.5. The first-order valence-corrected chi connectivity index (χ1v) is 7.20. The summed E-state index contributed by atoms with van der Waals surface area (Å²) in [4.78, 5) is 13.8. The molecule has 0 spiro atoms. The van der Waals surface area contributed by atoms with Gasteiger partial charge in [0.2, 0.25) is 0 Å². The van der Waals surface area contributed by atoms with Crippen LogP contribution in [0, 0.1) is 5.92 Å². The van der Waals surface area contributed by atoms with Crippen LogP contribution in [0.15, 0.2) is 30.3 Å². The second kappa shape index (κ2) is 5.76. The van der Waals surface area contributed by atoms with Crippen molar-refractivity contribution in [3.05, 3.63) is 40.2 Å². The highest BCUT2D eigenvalue weighted by molar-refractivity contribution is 7.17. The molecule has 0 saturated heterocycles. The van der Waals surface area contributed by atoms with E-state index in [1.165, 1.54) is 11.3 Å². The number of benzene rings is 1. The number of ether oxygens (including phenoxy) is 1. The molecule has 0 bridgehead atoms. The lowest BCUT2D eigenvalue weighted by molar-refractivity contribution is 0.0943. The number of carbonyl (C=O) groups excluding carboxylic acids is 1. The molecule has 4 heteroatoms. The Kier molecular flexibility index (Phi) is 4.27. The summed E-state index contributed by atoms with van der Waals surface area (Å²) in [7, 11) is 1.59. The van der Waals surface area contributed by atoms with Gasteiger partial charge in [-0.2, -0.15) is 0 Å². The molecule has 0 amide bonds. The quantitative estimate of drug-likeness (QED) is 0.749. The van der Waals surface area contributed by atoms with E-state index in [9.17, 15) is 4.79 Å². The number of hydrogen-bond acceptors (Lipinski definition) is 3. The molecule has 100 valence electrons. The van der Waals surface area contributed by atoms with Gasteiger partial charge in [-0.15, -0.1) is 11.3 Å². The predicted octanol–water partition coefficient (Wildman–Crippen LogP) is 4.92. The summed E-state index contributed by atoms with van der Waals surface area (Å²) in [6, 6.07) is 9.46. The Hall–Kier alpha value is -1.32. The topological polar surface area (TPSA) is 26.3 Å². The second-order valence-electron chi connectivity index (χ2n) is 4.53. The molecule has 0 N–H and O–H groups in total. The van der Waals surface area contributed by atoms with Crippen molar-refractivity contribution in [1.29, 1.82) is 0 Å². The van der Waals surface area contributed by atoms with E-state index < -0.39 is 0 Å². The molecule has 0 unspecified atom stereocenters. The number of thiophene rings is 1. The van der Waals surface area contributed by atoms with E-state index >= 15 is 0 Å². The third-order valence-electron chi connectivity index (χ3n) is 2.81. The highest BCUT2D eigenvalue weighted by Crippen LogP contribution is 2.34. The Morgan fingerprint density at radius 3 is 2.63 bits per heavy atom. The van der Waals surface area contributed by atoms with Crippen LogP contribution < -0.4 is 4.74 Å². The molecule has 2 rings (SSSR count). The molecule has 1 aromatic heterocycles. The maximum absolute atomic E-state index is 11.9. The van der Waals surface area contributed by atoms with E-state index in [4.69, 9.17) is 16.3 Å². The van der Waals surface area contributed by atoms with Gasteiger partial charge < -0.3 is 4.74 Å². The van der Waals surface area contributed by atoms with Gasteiger partial charge in [0.1, 0.15) is 5.75 Å². The third kappa shape index (κ3) is 2.99. The Bertz CT molecular complexity index is 602. The summed E-state index contributed by atoms with van der Waals surface area (Å²) in [5.41, 5.74) is 1.01. The summed E-state index contributed by atoms with van der Waals surface area (Å²) in [5, 5.41) is 0.585. The van der Waals surface area contributed by atoms with Gasteiger partial charge in [0.05, 0.1) is 17.0 Å². The Morgan fingerprint density at radius 1 is 1.26 bits per heavy atom. The highest BCUT2D eigenvalue weighted by Gasteiger charge is 2.14. The molecule has 19 heavy (non-hydrogen) atoms. The first kappa shape index (κ1) is 14.1. The van der Waals surface area contributed by atoms with Crippen molar-refractivity contribution in [2.75, 3.05) is 7.11 Å². The maximum Gasteiger partial charge on any atom is 0.175 e. The molecule has 1 heterocycles. The van der Waals surface area contributed by atoms with Gasteiger partial charge in [-0.05, 0) is 29.8 Å². The summed E-state index contributed by atoms with van der Waals surface area (Å²) < 4.78 is 5.21. The molecular formula is C15H15ClO2S. The molecule has 2 aromatic rings. The first-order chi connectivity index (χ1) is 9.02. The van der Waals surface area contributed by atoms with Crippen LogP contribution in [-0.2, 0) is 0 Å². The minimum Gasteiger partial charge on any atom is -0.495 e. The number of rotatable bonds is 4. The van der Waals surface area contributed by atoms with Gasteiger partial charge in [0.25, 0.3) is 0 Å². The Labute approximate surface area is 122 Å². The first-order valence-electron chi connectivity index (χ1n) is 6.01. The minimum absolute atomic E-state index is 0.0197. The van der Waals surface area contributed by atoms with E-state index in [0.717, 1.165) is 15.3 Å². The summed E-state index contributed by atoms with van der Waals surface area (Å²) in [6.45, 7) is 3.82.